The first kappa shape index (κ1) is 26.6. The van der Waals surface area contributed by atoms with Crippen molar-refractivity contribution in [3.63, 3.8) is 0 Å². The highest BCUT2D eigenvalue weighted by Crippen LogP contribution is 2.10. The van der Waals surface area contributed by atoms with Gasteiger partial charge >= 0.3 is 5.97 Å². The van der Waals surface area contributed by atoms with Crippen LogP contribution >= 0.6 is 0 Å². The van der Waals surface area contributed by atoms with Crippen LogP contribution in [0.3, 0.4) is 0 Å². The Kier molecular flexibility index (Phi) is 20.1. The topological polar surface area (TPSA) is 156 Å². The molecular weight excluding hydrogens is 338 g/mol. The molecule has 0 aromatic rings. The fourth-order valence-electron chi connectivity index (χ4n) is 2.23. The molecule has 8 nitrogen and oxygen atoms in total. The molecule has 1 atom stereocenters. The van der Waals surface area contributed by atoms with Gasteiger partial charge in [0.25, 0.3) is 0 Å². The Bertz CT molecular complexity index is 378. The molecule has 0 aliphatic carbocycles. The van der Waals surface area contributed by atoms with Crippen molar-refractivity contribution in [3.8, 4) is 0 Å². The summed E-state index contributed by atoms with van der Waals surface area (Å²) in [5.41, 5.74) is 9.49. The second kappa shape index (κ2) is 19.7. The smallest absolute Gasteiger partial charge is 0.317 e. The predicted octanol–water partition coefficient (Wildman–Crippen LogP) is 1.29. The molecule has 0 heterocycles. The molecule has 1 unspecified atom stereocenters. The van der Waals surface area contributed by atoms with Gasteiger partial charge in [0.15, 0.2) is 0 Å². The summed E-state index contributed by atoms with van der Waals surface area (Å²) in [6.07, 6.45) is 10.8. The van der Waals surface area contributed by atoms with Crippen molar-refractivity contribution >= 4 is 17.8 Å². The molecular formula is C18H37N3O5. The summed E-state index contributed by atoms with van der Waals surface area (Å²) >= 11 is 0. The van der Waals surface area contributed by atoms with E-state index < -0.39 is 23.9 Å². The maximum absolute atomic E-state index is 11.4. The summed E-state index contributed by atoms with van der Waals surface area (Å²) in [5.74, 6) is -2.15. The highest BCUT2D eigenvalue weighted by atomic mass is 16.4. The Morgan fingerprint density at radius 3 is 1.73 bits per heavy atom. The number of carbonyl (C=O) groups excluding carboxylic acids is 2. The van der Waals surface area contributed by atoms with E-state index in [9.17, 15) is 19.5 Å². The fourth-order valence-corrected chi connectivity index (χ4v) is 2.23. The summed E-state index contributed by atoms with van der Waals surface area (Å²) in [6.45, 7) is 2.50. The van der Waals surface area contributed by atoms with E-state index in [2.05, 4.69) is 18.0 Å². The van der Waals surface area contributed by atoms with Crippen LogP contribution in [0.2, 0.25) is 0 Å². The maximum atomic E-state index is 11.4. The molecule has 8 heteroatoms. The van der Waals surface area contributed by atoms with Gasteiger partial charge in [-0.3, -0.25) is 14.4 Å². The third-order valence-corrected chi connectivity index (χ3v) is 3.70. The average molecular weight is 376 g/mol. The number of nitrogens with two attached hydrogens (primary N) is 2. The van der Waals surface area contributed by atoms with E-state index in [-0.39, 0.29) is 13.0 Å². The van der Waals surface area contributed by atoms with Crippen molar-refractivity contribution in [3.05, 3.63) is 0 Å². The average Bonchev–Trinajstić information content (AvgIpc) is 2.59. The molecule has 0 aromatic heterocycles. The fraction of sp³-hybridized carbons (Fsp3) is 0.833. The third kappa shape index (κ3) is 22.3. The van der Waals surface area contributed by atoms with Gasteiger partial charge in [0.2, 0.25) is 11.8 Å². The lowest BCUT2D eigenvalue weighted by molar-refractivity contribution is -0.135. The normalized spacial score (nSPS) is 11.2. The Balaban J connectivity index is 0. The minimum absolute atomic E-state index is 0.278. The highest BCUT2D eigenvalue weighted by molar-refractivity contribution is 5.86. The number of amides is 2. The van der Waals surface area contributed by atoms with Crippen molar-refractivity contribution in [2.75, 3.05) is 13.1 Å². The van der Waals surface area contributed by atoms with Crippen LogP contribution in [0.4, 0.5) is 0 Å². The second-order valence-electron chi connectivity index (χ2n) is 6.26. The maximum Gasteiger partial charge on any atom is 0.317 e. The number of primary amides is 1. The van der Waals surface area contributed by atoms with E-state index in [1.54, 1.807) is 0 Å². The van der Waals surface area contributed by atoms with Gasteiger partial charge in [-0.1, -0.05) is 64.7 Å². The van der Waals surface area contributed by atoms with Crippen LogP contribution < -0.4 is 16.8 Å². The van der Waals surface area contributed by atoms with E-state index in [0.717, 1.165) is 12.8 Å². The summed E-state index contributed by atoms with van der Waals surface area (Å²) in [5, 5.41) is 19.6. The molecule has 0 fully saturated rings. The van der Waals surface area contributed by atoms with Gasteiger partial charge in [0.1, 0.15) is 6.10 Å². The largest absolute Gasteiger partial charge is 0.480 e. The van der Waals surface area contributed by atoms with Gasteiger partial charge in [-0.2, -0.15) is 0 Å². The third-order valence-electron chi connectivity index (χ3n) is 3.70. The molecule has 154 valence electrons. The number of carboxylic acid groups (broad SMARTS) is 1. The molecule has 2 amide bonds. The van der Waals surface area contributed by atoms with Crippen molar-refractivity contribution in [1.82, 2.24) is 5.32 Å². The number of unbranched alkanes of at least 4 members (excludes halogenated alkanes) is 9. The van der Waals surface area contributed by atoms with E-state index >= 15 is 0 Å². The first-order chi connectivity index (χ1) is 12.3. The number of carboxylic acids is 1. The molecule has 0 rings (SSSR count). The van der Waals surface area contributed by atoms with Gasteiger partial charge in [0, 0.05) is 6.54 Å². The molecule has 0 aromatic carbocycles. The number of aliphatic hydroxyl groups is 1. The second-order valence-corrected chi connectivity index (χ2v) is 6.26. The number of nitrogens with one attached hydrogen (secondary N) is 1. The standard InChI is InChI=1S/C16H32N2O3.C2H5NO2/c1-2-3-4-5-6-7-8-9-10-11-12-18-16(21)14(19)13-15(17)20;3-1-2(4)5/h14,19H,2-13H2,1H3,(H2,17,20)(H,18,21);1,3H2,(H,4,5). The van der Waals surface area contributed by atoms with Gasteiger partial charge in [0.05, 0.1) is 13.0 Å². The number of rotatable bonds is 15. The molecule has 0 saturated heterocycles. The number of aliphatic carboxylic acids is 1. The van der Waals surface area contributed by atoms with Gasteiger partial charge in [-0.05, 0) is 6.42 Å². The molecule has 0 aliphatic rings. The SMILES string of the molecule is CCCCCCCCCCCCNC(=O)C(O)CC(N)=O.NCC(=O)O. The molecule has 0 saturated carbocycles. The quantitative estimate of drug-likeness (QED) is 0.272. The molecule has 0 radical (unpaired) electrons. The zero-order chi connectivity index (χ0) is 20.2. The van der Waals surface area contributed by atoms with E-state index in [0.29, 0.717) is 6.54 Å². The van der Waals surface area contributed by atoms with Crippen LogP contribution in [0.25, 0.3) is 0 Å². The number of carbonyl (C=O) groups is 3. The zero-order valence-corrected chi connectivity index (χ0v) is 16.0. The Morgan fingerprint density at radius 2 is 1.35 bits per heavy atom. The van der Waals surface area contributed by atoms with Crippen LogP contribution in [-0.4, -0.2) is 47.2 Å². The zero-order valence-electron chi connectivity index (χ0n) is 16.0. The van der Waals surface area contributed by atoms with Crippen molar-refractivity contribution in [2.24, 2.45) is 11.5 Å². The van der Waals surface area contributed by atoms with Crippen LogP contribution in [0, 0.1) is 0 Å². The van der Waals surface area contributed by atoms with Crippen LogP contribution in [0.5, 0.6) is 0 Å². The minimum Gasteiger partial charge on any atom is -0.480 e. The first-order valence-electron chi connectivity index (χ1n) is 9.51. The lowest BCUT2D eigenvalue weighted by Crippen LogP contribution is -2.37. The van der Waals surface area contributed by atoms with Crippen LogP contribution in [0.15, 0.2) is 0 Å². The summed E-state index contributed by atoms with van der Waals surface area (Å²) in [6, 6.07) is 0. The molecule has 7 N–H and O–H groups in total. The predicted molar refractivity (Wildman–Crippen MR) is 101 cm³/mol. The Labute approximate surface area is 156 Å². The van der Waals surface area contributed by atoms with Crippen LogP contribution in [0.1, 0.15) is 77.6 Å². The van der Waals surface area contributed by atoms with Crippen LogP contribution in [-0.2, 0) is 14.4 Å². The van der Waals surface area contributed by atoms with Crippen molar-refractivity contribution < 1.29 is 24.6 Å². The lowest BCUT2D eigenvalue weighted by Gasteiger charge is -2.09. The Morgan fingerprint density at radius 1 is 0.923 bits per heavy atom. The van der Waals surface area contributed by atoms with E-state index in [1.807, 2.05) is 0 Å². The summed E-state index contributed by atoms with van der Waals surface area (Å²) in [7, 11) is 0. The van der Waals surface area contributed by atoms with E-state index in [1.165, 1.54) is 51.4 Å². The number of hydrogen-bond donors (Lipinski definition) is 5. The van der Waals surface area contributed by atoms with Crippen molar-refractivity contribution in [1.29, 1.82) is 0 Å². The summed E-state index contributed by atoms with van der Waals surface area (Å²) in [4.78, 5) is 31.2. The van der Waals surface area contributed by atoms with Gasteiger partial charge < -0.3 is 27.0 Å². The number of aliphatic hydroxyl groups excluding tert-OH is 1. The minimum atomic E-state index is -1.31. The first-order valence-corrected chi connectivity index (χ1v) is 9.51. The summed E-state index contributed by atoms with van der Waals surface area (Å²) < 4.78 is 0. The van der Waals surface area contributed by atoms with Gasteiger partial charge in [-0.15, -0.1) is 0 Å². The molecule has 0 bridgehead atoms. The van der Waals surface area contributed by atoms with E-state index in [4.69, 9.17) is 10.8 Å². The molecule has 26 heavy (non-hydrogen) atoms. The monoisotopic (exact) mass is 375 g/mol. The van der Waals surface area contributed by atoms with Crippen molar-refractivity contribution in [2.45, 2.75) is 83.7 Å². The van der Waals surface area contributed by atoms with Gasteiger partial charge in [-0.25, -0.2) is 0 Å². The Hall–Kier alpha value is -1.67. The number of hydrogen-bond acceptors (Lipinski definition) is 5. The molecule has 0 aliphatic heterocycles. The lowest BCUT2D eigenvalue weighted by atomic mass is 10.1. The molecule has 0 spiro atoms. The highest BCUT2D eigenvalue weighted by Gasteiger charge is 2.16.